The van der Waals surface area contributed by atoms with Crippen LogP contribution in [-0.4, -0.2) is 18.2 Å². The second-order valence-electron chi connectivity index (χ2n) is 3.22. The molecule has 0 atom stereocenters. The van der Waals surface area contributed by atoms with E-state index in [0.29, 0.717) is 23.9 Å². The largest absolute Gasteiger partial charge is 0.404 e. The van der Waals surface area contributed by atoms with Crippen molar-refractivity contribution in [2.45, 2.75) is 20.8 Å². The van der Waals surface area contributed by atoms with E-state index in [1.165, 1.54) is 0 Å². The van der Waals surface area contributed by atoms with Crippen molar-refractivity contribution in [3.05, 3.63) is 21.8 Å². The lowest BCUT2D eigenvalue weighted by Crippen LogP contribution is -2.04. The maximum Gasteiger partial charge on any atom is 0.381 e. The highest BCUT2D eigenvalue weighted by Gasteiger charge is 2.23. The van der Waals surface area contributed by atoms with Gasteiger partial charge in [-0.3, -0.25) is 9.05 Å². The molecule has 8 heteroatoms. The van der Waals surface area contributed by atoms with Crippen LogP contribution in [0.1, 0.15) is 19.5 Å². The Kier molecular flexibility index (Phi) is 6.31. The SMILES string of the molecule is CCOP(=S)(OCC)Oc1nc(C)c(Cl)cc1Cl. The molecule has 0 unspecified atom stereocenters. The summed E-state index contributed by atoms with van der Waals surface area (Å²) < 4.78 is 16.2. The van der Waals surface area contributed by atoms with Crippen LogP contribution in [0.2, 0.25) is 10.0 Å². The van der Waals surface area contributed by atoms with Crippen molar-refractivity contribution in [2.24, 2.45) is 0 Å². The van der Waals surface area contributed by atoms with Crippen LogP contribution in [0.4, 0.5) is 0 Å². The summed E-state index contributed by atoms with van der Waals surface area (Å²) in [5, 5.41) is 0.743. The molecule has 1 rings (SSSR count). The molecule has 1 heterocycles. The second-order valence-corrected chi connectivity index (χ2v) is 6.97. The highest BCUT2D eigenvalue weighted by molar-refractivity contribution is 8.07. The molecule has 0 radical (unpaired) electrons. The minimum absolute atomic E-state index is 0.184. The molecule has 0 amide bonds. The molecular formula is C10H14Cl2NO3PS. The van der Waals surface area contributed by atoms with Crippen molar-refractivity contribution in [2.75, 3.05) is 13.2 Å². The Bertz CT molecular complexity index is 463. The molecule has 102 valence electrons. The lowest BCUT2D eigenvalue weighted by Gasteiger charge is -2.21. The average Bonchev–Trinajstić information content (AvgIpc) is 2.26. The van der Waals surface area contributed by atoms with E-state index in [2.05, 4.69) is 4.98 Å². The van der Waals surface area contributed by atoms with Crippen molar-refractivity contribution in [3.63, 3.8) is 0 Å². The van der Waals surface area contributed by atoms with Crippen molar-refractivity contribution in [1.29, 1.82) is 0 Å². The smallest absolute Gasteiger partial charge is 0.381 e. The zero-order valence-corrected chi connectivity index (χ0v) is 13.5. The predicted molar refractivity (Wildman–Crippen MR) is 77.2 cm³/mol. The number of hydrogen-bond donors (Lipinski definition) is 0. The highest BCUT2D eigenvalue weighted by atomic mass is 35.5. The highest BCUT2D eigenvalue weighted by Crippen LogP contribution is 2.50. The van der Waals surface area contributed by atoms with Crippen molar-refractivity contribution in [1.82, 2.24) is 4.98 Å². The van der Waals surface area contributed by atoms with Crippen molar-refractivity contribution < 1.29 is 13.6 Å². The van der Waals surface area contributed by atoms with Crippen LogP contribution >= 0.6 is 29.9 Å². The van der Waals surface area contributed by atoms with Crippen LogP contribution < -0.4 is 4.52 Å². The summed E-state index contributed by atoms with van der Waals surface area (Å²) in [4.78, 5) is 4.14. The fraction of sp³-hybridized carbons (Fsp3) is 0.500. The van der Waals surface area contributed by atoms with Gasteiger partial charge in [-0.05, 0) is 26.8 Å². The quantitative estimate of drug-likeness (QED) is 0.724. The Hall–Kier alpha value is 0.1000. The number of hydrogen-bond acceptors (Lipinski definition) is 5. The number of halogens is 2. The molecule has 0 saturated heterocycles. The number of aromatic nitrogens is 1. The van der Waals surface area contributed by atoms with Gasteiger partial charge < -0.3 is 4.52 Å². The van der Waals surface area contributed by atoms with Gasteiger partial charge >= 0.3 is 6.72 Å². The summed E-state index contributed by atoms with van der Waals surface area (Å²) >= 11 is 17.1. The molecule has 1 aromatic rings. The molecule has 0 aliphatic heterocycles. The molecular weight excluding hydrogens is 316 g/mol. The maximum atomic E-state index is 6.00. The Balaban J connectivity index is 3.01. The van der Waals surface area contributed by atoms with Gasteiger partial charge in [0.25, 0.3) is 0 Å². The van der Waals surface area contributed by atoms with Crippen LogP contribution in [-0.2, 0) is 20.9 Å². The Morgan fingerprint density at radius 1 is 1.22 bits per heavy atom. The van der Waals surface area contributed by atoms with Crippen LogP contribution in [0.25, 0.3) is 0 Å². The summed E-state index contributed by atoms with van der Waals surface area (Å²) in [7, 11) is 0. The first-order valence-corrected chi connectivity index (χ1v) is 8.64. The molecule has 18 heavy (non-hydrogen) atoms. The van der Waals surface area contributed by atoms with Crippen LogP contribution in [0.5, 0.6) is 5.88 Å². The summed E-state index contributed by atoms with van der Waals surface area (Å²) in [6, 6.07) is 1.55. The lowest BCUT2D eigenvalue weighted by atomic mass is 10.4. The van der Waals surface area contributed by atoms with E-state index >= 15 is 0 Å². The lowest BCUT2D eigenvalue weighted by molar-refractivity contribution is 0.216. The molecule has 0 N–H and O–H groups in total. The summed E-state index contributed by atoms with van der Waals surface area (Å²) in [6.45, 7) is 3.29. The molecule has 0 aliphatic rings. The maximum absolute atomic E-state index is 6.00. The van der Waals surface area contributed by atoms with Crippen LogP contribution in [0.15, 0.2) is 6.07 Å². The predicted octanol–water partition coefficient (Wildman–Crippen LogP) is 4.37. The van der Waals surface area contributed by atoms with E-state index in [1.54, 1.807) is 13.0 Å². The van der Waals surface area contributed by atoms with Crippen molar-refractivity contribution in [3.8, 4) is 5.88 Å². The van der Waals surface area contributed by atoms with E-state index in [1.807, 2.05) is 13.8 Å². The first-order valence-electron chi connectivity index (χ1n) is 5.33. The van der Waals surface area contributed by atoms with E-state index in [-0.39, 0.29) is 10.9 Å². The van der Waals surface area contributed by atoms with Crippen LogP contribution in [0.3, 0.4) is 0 Å². The second kappa shape index (κ2) is 7.04. The van der Waals surface area contributed by atoms with E-state index in [0.717, 1.165) is 0 Å². The van der Waals surface area contributed by atoms with Gasteiger partial charge in [-0.1, -0.05) is 23.2 Å². The fourth-order valence-electron chi connectivity index (χ4n) is 1.11. The van der Waals surface area contributed by atoms with E-state index in [9.17, 15) is 0 Å². The summed E-state index contributed by atoms with van der Waals surface area (Å²) in [5.74, 6) is 0.184. The minimum atomic E-state index is -2.86. The molecule has 0 spiro atoms. The van der Waals surface area contributed by atoms with E-state index in [4.69, 9.17) is 48.6 Å². The number of nitrogens with zero attached hydrogens (tertiary/aromatic N) is 1. The van der Waals surface area contributed by atoms with Gasteiger partial charge in [0.1, 0.15) is 5.02 Å². The van der Waals surface area contributed by atoms with Gasteiger partial charge in [0.2, 0.25) is 5.88 Å². The topological polar surface area (TPSA) is 40.6 Å². The van der Waals surface area contributed by atoms with Crippen LogP contribution in [0, 0.1) is 6.92 Å². The van der Waals surface area contributed by atoms with E-state index < -0.39 is 6.72 Å². The zero-order valence-electron chi connectivity index (χ0n) is 10.3. The zero-order chi connectivity index (χ0) is 13.8. The number of rotatable bonds is 6. The molecule has 0 aromatic carbocycles. The normalized spacial score (nSPS) is 11.6. The molecule has 0 fully saturated rings. The van der Waals surface area contributed by atoms with Gasteiger partial charge in [0.05, 0.1) is 23.9 Å². The summed E-state index contributed by atoms with van der Waals surface area (Å²) in [6.07, 6.45) is 0. The standard InChI is InChI=1S/C10H14Cl2NO3PS/c1-4-14-17(18,15-5-2)16-10-9(12)6-8(11)7(3)13-10/h6H,4-5H2,1-3H3. The third-order valence-electron chi connectivity index (χ3n) is 1.85. The van der Waals surface area contributed by atoms with Gasteiger partial charge in [0, 0.05) is 11.8 Å². The third kappa shape index (κ3) is 4.34. The monoisotopic (exact) mass is 329 g/mol. The van der Waals surface area contributed by atoms with Gasteiger partial charge in [-0.15, -0.1) is 0 Å². The Morgan fingerprint density at radius 2 is 1.78 bits per heavy atom. The average molecular weight is 330 g/mol. The molecule has 0 saturated carbocycles. The molecule has 0 bridgehead atoms. The Morgan fingerprint density at radius 3 is 2.28 bits per heavy atom. The van der Waals surface area contributed by atoms with Gasteiger partial charge in [-0.25, -0.2) is 4.98 Å². The summed E-state index contributed by atoms with van der Waals surface area (Å²) in [5.41, 5.74) is 0.602. The minimum Gasteiger partial charge on any atom is -0.404 e. The first-order chi connectivity index (χ1) is 8.41. The van der Waals surface area contributed by atoms with Gasteiger partial charge in [-0.2, -0.15) is 0 Å². The molecule has 4 nitrogen and oxygen atoms in total. The Labute approximate surface area is 122 Å². The van der Waals surface area contributed by atoms with Crippen molar-refractivity contribution >= 4 is 41.7 Å². The third-order valence-corrected chi connectivity index (χ3v) is 4.90. The fourth-order valence-corrected chi connectivity index (χ4v) is 3.57. The number of pyridine rings is 1. The molecule has 0 aliphatic carbocycles. The van der Waals surface area contributed by atoms with Gasteiger partial charge in [0.15, 0.2) is 0 Å². The molecule has 1 aromatic heterocycles. The first kappa shape index (κ1) is 16.2. The number of aryl methyl sites for hydroxylation is 1.